The van der Waals surface area contributed by atoms with Crippen molar-refractivity contribution in [2.24, 2.45) is 0 Å². The van der Waals surface area contributed by atoms with Gasteiger partial charge in [-0.2, -0.15) is 0 Å². The van der Waals surface area contributed by atoms with E-state index < -0.39 is 0 Å². The fourth-order valence-electron chi connectivity index (χ4n) is 3.42. The van der Waals surface area contributed by atoms with Crippen LogP contribution in [0.5, 0.6) is 5.75 Å². The van der Waals surface area contributed by atoms with Crippen LogP contribution in [0.1, 0.15) is 29.6 Å². The number of likely N-dealkylation sites (N-methyl/N-ethyl adjacent to an activating group) is 1. The second-order valence-electron chi connectivity index (χ2n) is 6.90. The molecule has 2 N–H and O–H groups in total. The maximum atomic E-state index is 12.9. The smallest absolute Gasteiger partial charge is 0.257 e. The number of nitrogens with one attached hydrogen (secondary N) is 1. The van der Waals surface area contributed by atoms with Gasteiger partial charge in [0.05, 0.1) is 12.6 Å². The molecule has 0 aromatic heterocycles. The van der Waals surface area contributed by atoms with Crippen LogP contribution in [0.4, 0.5) is 0 Å². The molecule has 28 heavy (non-hydrogen) atoms. The number of benzene rings is 2. The summed E-state index contributed by atoms with van der Waals surface area (Å²) in [5.74, 6) is 0.388. The molecule has 148 valence electrons. The highest BCUT2D eigenvalue weighted by Crippen LogP contribution is 2.25. The Hall–Kier alpha value is -2.86. The van der Waals surface area contributed by atoms with Crippen LogP contribution < -0.4 is 10.1 Å². The quantitative estimate of drug-likeness (QED) is 0.804. The first kappa shape index (κ1) is 19.9. The van der Waals surface area contributed by atoms with Crippen LogP contribution in [0.3, 0.4) is 0 Å². The van der Waals surface area contributed by atoms with Gasteiger partial charge in [0, 0.05) is 19.2 Å². The molecule has 3 rings (SSSR count). The van der Waals surface area contributed by atoms with Crippen molar-refractivity contribution in [3.05, 3.63) is 54.1 Å². The fraction of sp³-hybridized carbons (Fsp3) is 0.364. The van der Waals surface area contributed by atoms with Gasteiger partial charge in [-0.15, -0.1) is 0 Å². The number of amides is 2. The van der Waals surface area contributed by atoms with E-state index in [2.05, 4.69) is 5.32 Å². The molecule has 0 bridgehead atoms. The SMILES string of the molecule is CNC(=O)COc1ccc(-c2cccc(C(=O)N3CCCC[C@H]3CO)c2)cc1. The number of nitrogens with zero attached hydrogens (tertiary/aromatic N) is 1. The van der Waals surface area contributed by atoms with Gasteiger partial charge in [-0.05, 0) is 54.7 Å². The minimum Gasteiger partial charge on any atom is -0.484 e. The third-order valence-electron chi connectivity index (χ3n) is 5.04. The Morgan fingerprint density at radius 2 is 1.93 bits per heavy atom. The van der Waals surface area contributed by atoms with E-state index in [-0.39, 0.29) is 31.1 Å². The maximum absolute atomic E-state index is 12.9. The van der Waals surface area contributed by atoms with Gasteiger partial charge < -0.3 is 20.1 Å². The van der Waals surface area contributed by atoms with Crippen LogP contribution in [0.2, 0.25) is 0 Å². The molecular formula is C22H26N2O4. The van der Waals surface area contributed by atoms with Crippen LogP contribution >= 0.6 is 0 Å². The van der Waals surface area contributed by atoms with Crippen molar-refractivity contribution in [2.45, 2.75) is 25.3 Å². The molecular weight excluding hydrogens is 356 g/mol. The monoisotopic (exact) mass is 382 g/mol. The Morgan fingerprint density at radius 1 is 1.14 bits per heavy atom. The van der Waals surface area contributed by atoms with Gasteiger partial charge in [0.1, 0.15) is 5.75 Å². The number of likely N-dealkylation sites (tertiary alicyclic amines) is 1. The van der Waals surface area contributed by atoms with Crippen molar-refractivity contribution in [3.8, 4) is 16.9 Å². The zero-order chi connectivity index (χ0) is 19.9. The zero-order valence-electron chi connectivity index (χ0n) is 16.1. The van der Waals surface area contributed by atoms with Crippen LogP contribution in [0.25, 0.3) is 11.1 Å². The third-order valence-corrected chi connectivity index (χ3v) is 5.04. The second kappa shape index (κ2) is 9.37. The Balaban J connectivity index is 1.74. The van der Waals surface area contributed by atoms with E-state index in [4.69, 9.17) is 4.74 Å². The molecule has 2 amide bonds. The molecule has 1 fully saturated rings. The van der Waals surface area contributed by atoms with Gasteiger partial charge >= 0.3 is 0 Å². The lowest BCUT2D eigenvalue weighted by atomic mass is 9.99. The molecule has 0 aliphatic carbocycles. The standard InChI is InChI=1S/C22H26N2O4/c1-23-21(26)15-28-20-10-8-16(9-11-20)17-5-4-6-18(13-17)22(27)24-12-3-2-7-19(24)14-25/h4-6,8-11,13,19,25H,2-3,7,12,14-15H2,1H3,(H,23,26)/t19-/m0/s1. The van der Waals surface area contributed by atoms with Crippen molar-refractivity contribution >= 4 is 11.8 Å². The molecule has 2 aromatic rings. The summed E-state index contributed by atoms with van der Waals surface area (Å²) in [5.41, 5.74) is 2.51. The normalized spacial score (nSPS) is 16.5. The third kappa shape index (κ3) is 4.70. The van der Waals surface area contributed by atoms with Crippen molar-refractivity contribution in [1.82, 2.24) is 10.2 Å². The van der Waals surface area contributed by atoms with Gasteiger partial charge in [-0.3, -0.25) is 9.59 Å². The number of rotatable bonds is 6. The van der Waals surface area contributed by atoms with E-state index >= 15 is 0 Å². The summed E-state index contributed by atoms with van der Waals surface area (Å²) >= 11 is 0. The topological polar surface area (TPSA) is 78.9 Å². The van der Waals surface area contributed by atoms with Crippen molar-refractivity contribution in [2.75, 3.05) is 26.8 Å². The van der Waals surface area contributed by atoms with E-state index in [0.717, 1.165) is 30.4 Å². The van der Waals surface area contributed by atoms with E-state index in [9.17, 15) is 14.7 Å². The summed E-state index contributed by atoms with van der Waals surface area (Å²) in [6.07, 6.45) is 2.86. The van der Waals surface area contributed by atoms with Crippen LogP contribution in [-0.4, -0.2) is 54.7 Å². The molecule has 1 aliphatic heterocycles. The molecule has 0 spiro atoms. The maximum Gasteiger partial charge on any atom is 0.257 e. The molecule has 1 aliphatic rings. The molecule has 2 aromatic carbocycles. The first-order chi connectivity index (χ1) is 13.6. The molecule has 6 nitrogen and oxygen atoms in total. The molecule has 0 unspecified atom stereocenters. The first-order valence-electron chi connectivity index (χ1n) is 9.58. The highest BCUT2D eigenvalue weighted by Gasteiger charge is 2.26. The lowest BCUT2D eigenvalue weighted by molar-refractivity contribution is -0.122. The van der Waals surface area contributed by atoms with Gasteiger partial charge in [-0.1, -0.05) is 24.3 Å². The Kier molecular flexibility index (Phi) is 6.66. The molecule has 1 atom stereocenters. The highest BCUT2D eigenvalue weighted by atomic mass is 16.5. The van der Waals surface area contributed by atoms with E-state index in [1.807, 2.05) is 36.4 Å². The molecule has 0 saturated carbocycles. The van der Waals surface area contributed by atoms with Crippen molar-refractivity contribution < 1.29 is 19.4 Å². The van der Waals surface area contributed by atoms with Crippen LogP contribution in [0.15, 0.2) is 48.5 Å². The van der Waals surface area contributed by atoms with Crippen LogP contribution in [0, 0.1) is 0 Å². The molecule has 6 heteroatoms. The number of aliphatic hydroxyl groups is 1. The second-order valence-corrected chi connectivity index (χ2v) is 6.90. The zero-order valence-corrected chi connectivity index (χ0v) is 16.1. The predicted molar refractivity (Wildman–Crippen MR) is 107 cm³/mol. The van der Waals surface area contributed by atoms with Gasteiger partial charge in [0.25, 0.3) is 11.8 Å². The minimum absolute atomic E-state index is 0.00292. The summed E-state index contributed by atoms with van der Waals surface area (Å²) in [5, 5.41) is 12.1. The Morgan fingerprint density at radius 3 is 2.64 bits per heavy atom. The molecule has 1 saturated heterocycles. The molecule has 1 heterocycles. The number of carbonyl (C=O) groups is 2. The summed E-state index contributed by atoms with van der Waals surface area (Å²) < 4.78 is 5.42. The minimum atomic E-state index is -0.186. The van der Waals surface area contributed by atoms with Gasteiger partial charge in [0.2, 0.25) is 0 Å². The van der Waals surface area contributed by atoms with E-state index in [1.54, 1.807) is 24.1 Å². The number of hydrogen-bond donors (Lipinski definition) is 2. The summed E-state index contributed by atoms with van der Waals surface area (Å²) in [6.45, 7) is 0.663. The number of aliphatic hydroxyl groups excluding tert-OH is 1. The average Bonchev–Trinajstić information content (AvgIpc) is 2.77. The number of carbonyl (C=O) groups excluding carboxylic acids is 2. The van der Waals surface area contributed by atoms with Gasteiger partial charge in [0.15, 0.2) is 6.61 Å². The number of piperidine rings is 1. The Bertz CT molecular complexity index is 820. The average molecular weight is 382 g/mol. The summed E-state index contributed by atoms with van der Waals surface area (Å²) in [4.78, 5) is 26.0. The lowest BCUT2D eigenvalue weighted by Gasteiger charge is -2.34. The fourth-order valence-corrected chi connectivity index (χ4v) is 3.42. The first-order valence-corrected chi connectivity index (χ1v) is 9.58. The lowest BCUT2D eigenvalue weighted by Crippen LogP contribution is -2.45. The van der Waals surface area contributed by atoms with Crippen molar-refractivity contribution in [3.63, 3.8) is 0 Å². The van der Waals surface area contributed by atoms with Crippen molar-refractivity contribution in [1.29, 1.82) is 0 Å². The number of ether oxygens (including phenoxy) is 1. The van der Waals surface area contributed by atoms with E-state index in [1.165, 1.54) is 0 Å². The summed E-state index contributed by atoms with van der Waals surface area (Å²) in [6, 6.07) is 14.8. The highest BCUT2D eigenvalue weighted by molar-refractivity contribution is 5.95. The van der Waals surface area contributed by atoms with E-state index in [0.29, 0.717) is 17.9 Å². The summed E-state index contributed by atoms with van der Waals surface area (Å²) in [7, 11) is 1.57. The number of hydrogen-bond acceptors (Lipinski definition) is 4. The predicted octanol–water partition coefficient (Wildman–Crippen LogP) is 2.47. The Labute approximate surface area is 165 Å². The molecule has 0 radical (unpaired) electrons. The van der Waals surface area contributed by atoms with Crippen LogP contribution in [-0.2, 0) is 4.79 Å². The largest absolute Gasteiger partial charge is 0.484 e. The van der Waals surface area contributed by atoms with Gasteiger partial charge in [-0.25, -0.2) is 0 Å².